The summed E-state index contributed by atoms with van der Waals surface area (Å²) in [4.78, 5) is 14.1. The molecule has 0 saturated carbocycles. The zero-order valence-electron chi connectivity index (χ0n) is 9.66. The SMILES string of the molecule is COC(=O)C(C)n1c(=S)[nH]c2c(F)cc(F)cc21. The van der Waals surface area contributed by atoms with Gasteiger partial charge in [-0.2, -0.15) is 0 Å². The minimum absolute atomic E-state index is 0.0668. The van der Waals surface area contributed by atoms with Crippen LogP contribution in [0.15, 0.2) is 12.1 Å². The fourth-order valence-corrected chi connectivity index (χ4v) is 2.17. The lowest BCUT2D eigenvalue weighted by Gasteiger charge is -2.11. The van der Waals surface area contributed by atoms with Crippen LogP contribution >= 0.6 is 12.2 Å². The van der Waals surface area contributed by atoms with Crippen LogP contribution in [-0.4, -0.2) is 22.6 Å². The number of nitrogens with zero attached hydrogens (tertiary/aromatic N) is 1. The van der Waals surface area contributed by atoms with E-state index < -0.39 is 23.6 Å². The molecule has 96 valence electrons. The maximum absolute atomic E-state index is 13.5. The van der Waals surface area contributed by atoms with Gasteiger partial charge in [-0.3, -0.25) is 0 Å². The van der Waals surface area contributed by atoms with Crippen LogP contribution in [0.1, 0.15) is 13.0 Å². The highest BCUT2D eigenvalue weighted by Crippen LogP contribution is 2.23. The van der Waals surface area contributed by atoms with Gasteiger partial charge in [0.05, 0.1) is 12.6 Å². The Balaban J connectivity index is 2.75. The predicted octanol–water partition coefficient (Wildman–Crippen LogP) is 2.71. The molecule has 0 spiro atoms. The summed E-state index contributed by atoms with van der Waals surface area (Å²) in [5.41, 5.74) is 0.257. The molecule has 1 heterocycles. The topological polar surface area (TPSA) is 47.0 Å². The lowest BCUT2D eigenvalue weighted by molar-refractivity contribution is -0.143. The Morgan fingerprint density at radius 2 is 2.17 bits per heavy atom. The minimum Gasteiger partial charge on any atom is -0.467 e. The molecule has 1 unspecified atom stereocenters. The van der Waals surface area contributed by atoms with Gasteiger partial charge in [-0.05, 0) is 25.2 Å². The molecule has 1 atom stereocenters. The third-order valence-corrected chi connectivity index (χ3v) is 2.97. The molecule has 0 fully saturated rings. The maximum atomic E-state index is 13.5. The largest absolute Gasteiger partial charge is 0.467 e. The van der Waals surface area contributed by atoms with E-state index in [9.17, 15) is 13.6 Å². The van der Waals surface area contributed by atoms with E-state index in [0.29, 0.717) is 0 Å². The van der Waals surface area contributed by atoms with E-state index in [0.717, 1.165) is 12.1 Å². The Morgan fingerprint density at radius 3 is 2.78 bits per heavy atom. The van der Waals surface area contributed by atoms with Crippen molar-refractivity contribution in [3.8, 4) is 0 Å². The molecular weight excluding hydrogens is 262 g/mol. The minimum atomic E-state index is -0.766. The summed E-state index contributed by atoms with van der Waals surface area (Å²) in [5.74, 6) is -2.04. The highest BCUT2D eigenvalue weighted by molar-refractivity contribution is 7.71. The second-order valence-corrected chi connectivity index (χ2v) is 4.17. The zero-order valence-corrected chi connectivity index (χ0v) is 10.5. The first-order valence-corrected chi connectivity index (χ1v) is 5.53. The number of methoxy groups -OCH3 is 1. The third-order valence-electron chi connectivity index (χ3n) is 2.67. The first-order chi connectivity index (χ1) is 8.45. The van der Waals surface area contributed by atoms with E-state index in [4.69, 9.17) is 12.2 Å². The number of carbonyl (C=O) groups excluding carboxylic acids is 1. The lowest BCUT2D eigenvalue weighted by Crippen LogP contribution is -2.17. The zero-order chi connectivity index (χ0) is 13.4. The van der Waals surface area contributed by atoms with Crippen molar-refractivity contribution in [3.63, 3.8) is 0 Å². The van der Waals surface area contributed by atoms with Crippen molar-refractivity contribution in [2.24, 2.45) is 0 Å². The smallest absolute Gasteiger partial charge is 0.328 e. The second kappa shape index (κ2) is 4.49. The summed E-state index contributed by atoms with van der Waals surface area (Å²) >= 11 is 5.01. The fraction of sp³-hybridized carbons (Fsp3) is 0.273. The van der Waals surface area contributed by atoms with Gasteiger partial charge >= 0.3 is 5.97 Å². The quantitative estimate of drug-likeness (QED) is 0.675. The van der Waals surface area contributed by atoms with Gasteiger partial charge in [0.15, 0.2) is 10.6 Å². The summed E-state index contributed by atoms with van der Waals surface area (Å²) in [6, 6.07) is 1.10. The molecule has 0 aliphatic heterocycles. The number of fused-ring (bicyclic) bond motifs is 1. The molecule has 0 bridgehead atoms. The second-order valence-electron chi connectivity index (χ2n) is 3.78. The number of carbonyl (C=O) groups is 1. The van der Waals surface area contributed by atoms with Gasteiger partial charge in [0, 0.05) is 6.07 Å². The molecule has 0 aliphatic carbocycles. The normalized spacial score (nSPS) is 12.7. The Hall–Kier alpha value is -1.76. The first-order valence-electron chi connectivity index (χ1n) is 5.12. The highest BCUT2D eigenvalue weighted by atomic mass is 32.1. The van der Waals surface area contributed by atoms with Gasteiger partial charge in [-0.1, -0.05) is 0 Å². The van der Waals surface area contributed by atoms with Crippen LogP contribution in [0, 0.1) is 16.4 Å². The summed E-state index contributed by atoms with van der Waals surface area (Å²) in [6.45, 7) is 1.54. The molecule has 1 N–H and O–H groups in total. The molecule has 18 heavy (non-hydrogen) atoms. The summed E-state index contributed by atoms with van der Waals surface area (Å²) in [7, 11) is 1.23. The monoisotopic (exact) mass is 272 g/mol. The number of imidazole rings is 1. The molecule has 0 radical (unpaired) electrons. The van der Waals surface area contributed by atoms with Gasteiger partial charge < -0.3 is 14.3 Å². The molecular formula is C11H10F2N2O2S. The molecule has 0 amide bonds. The van der Waals surface area contributed by atoms with Gasteiger partial charge in [-0.25, -0.2) is 13.6 Å². The summed E-state index contributed by atoms with van der Waals surface area (Å²) in [5, 5.41) is 0. The van der Waals surface area contributed by atoms with Crippen LogP contribution in [-0.2, 0) is 9.53 Å². The number of halogens is 2. The van der Waals surface area contributed by atoms with Crippen LogP contribution < -0.4 is 0 Å². The van der Waals surface area contributed by atoms with E-state index in [1.165, 1.54) is 18.6 Å². The van der Waals surface area contributed by atoms with Gasteiger partial charge in [0.25, 0.3) is 0 Å². The van der Waals surface area contributed by atoms with E-state index in [2.05, 4.69) is 9.72 Å². The maximum Gasteiger partial charge on any atom is 0.328 e. The number of esters is 1. The average molecular weight is 272 g/mol. The summed E-state index contributed by atoms with van der Waals surface area (Å²) in [6.07, 6.45) is 0. The number of nitrogens with one attached hydrogen (secondary N) is 1. The molecule has 7 heteroatoms. The molecule has 1 aromatic heterocycles. The summed E-state index contributed by atoms with van der Waals surface area (Å²) < 4.78 is 32.8. The number of H-pyrrole nitrogens is 1. The predicted molar refractivity (Wildman–Crippen MR) is 63.8 cm³/mol. The van der Waals surface area contributed by atoms with Crippen molar-refractivity contribution in [1.82, 2.24) is 9.55 Å². The molecule has 2 rings (SSSR count). The lowest BCUT2D eigenvalue weighted by atomic mass is 10.2. The number of ether oxygens (including phenoxy) is 1. The van der Waals surface area contributed by atoms with Crippen molar-refractivity contribution in [2.45, 2.75) is 13.0 Å². The van der Waals surface area contributed by atoms with E-state index in [-0.39, 0.29) is 15.8 Å². The van der Waals surface area contributed by atoms with Crippen LogP contribution in [0.3, 0.4) is 0 Å². The Labute approximate surface area is 106 Å². The van der Waals surface area contributed by atoms with Crippen LogP contribution in [0.2, 0.25) is 0 Å². The molecule has 4 nitrogen and oxygen atoms in total. The van der Waals surface area contributed by atoms with Gasteiger partial charge in [-0.15, -0.1) is 0 Å². The number of hydrogen-bond acceptors (Lipinski definition) is 3. The van der Waals surface area contributed by atoms with Crippen LogP contribution in [0.4, 0.5) is 8.78 Å². The van der Waals surface area contributed by atoms with Gasteiger partial charge in [0.1, 0.15) is 17.4 Å². The molecule has 0 aliphatic rings. The number of rotatable bonds is 2. The molecule has 0 saturated heterocycles. The number of aromatic nitrogens is 2. The highest BCUT2D eigenvalue weighted by Gasteiger charge is 2.20. The Kier molecular flexibility index (Phi) is 3.16. The molecule has 1 aromatic carbocycles. The van der Waals surface area contributed by atoms with Crippen LogP contribution in [0.5, 0.6) is 0 Å². The number of hydrogen-bond donors (Lipinski definition) is 1. The standard InChI is InChI=1S/C11H10F2N2O2S/c1-5(10(16)17-2)15-8-4-6(12)3-7(13)9(8)14-11(15)18/h3-5H,1-2H3,(H,14,18). The van der Waals surface area contributed by atoms with Crippen molar-refractivity contribution in [1.29, 1.82) is 0 Å². The Bertz CT molecular complexity index is 677. The van der Waals surface area contributed by atoms with Crippen molar-refractivity contribution >= 4 is 29.2 Å². The van der Waals surface area contributed by atoms with Crippen LogP contribution in [0.25, 0.3) is 11.0 Å². The van der Waals surface area contributed by atoms with Crippen molar-refractivity contribution in [3.05, 3.63) is 28.5 Å². The number of benzene rings is 1. The van der Waals surface area contributed by atoms with E-state index >= 15 is 0 Å². The van der Waals surface area contributed by atoms with E-state index in [1.807, 2.05) is 0 Å². The van der Waals surface area contributed by atoms with Gasteiger partial charge in [0.2, 0.25) is 0 Å². The molecule has 2 aromatic rings. The Morgan fingerprint density at radius 1 is 1.50 bits per heavy atom. The third kappa shape index (κ3) is 1.90. The van der Waals surface area contributed by atoms with E-state index in [1.54, 1.807) is 0 Å². The number of aromatic amines is 1. The fourth-order valence-electron chi connectivity index (χ4n) is 1.81. The first kappa shape index (κ1) is 12.7. The average Bonchev–Trinajstić information content (AvgIpc) is 2.64. The van der Waals surface area contributed by atoms with Crippen molar-refractivity contribution < 1.29 is 18.3 Å². The van der Waals surface area contributed by atoms with Crippen molar-refractivity contribution in [2.75, 3.05) is 7.11 Å².